The van der Waals surface area contributed by atoms with Gasteiger partial charge in [-0.25, -0.2) is 19.4 Å². The number of benzene rings is 3. The summed E-state index contributed by atoms with van der Waals surface area (Å²) in [5.74, 6) is -4.82. The Labute approximate surface area is 296 Å². The standard InChI is InChI=1S/C10H5Br2NO4.C10H5Cl2NO4.C9H6N2O4/c11-4-2-1-3-6(9(4)15)13-7(10(16)17)5(12)8(3)14;11-3-1-4(12)9(15)8-7(3)6(14)2-5(13-8)10(16)17;12-5-3-1-2-4-6(5)11-7(9(14)15)8(13)10-4/h2*1-2,15H,(H,13,14)(H,16,17);1-3,12H,(H,10,13)(H,14,15). The first kappa shape index (κ1) is 36.4. The van der Waals surface area contributed by atoms with Crippen molar-refractivity contribution in [3.8, 4) is 17.2 Å². The van der Waals surface area contributed by atoms with E-state index in [0.717, 1.165) is 6.07 Å². The lowest BCUT2D eigenvalue weighted by Crippen LogP contribution is -2.19. The molecule has 9 N–H and O–H groups in total. The van der Waals surface area contributed by atoms with Crippen LogP contribution < -0.4 is 16.4 Å². The van der Waals surface area contributed by atoms with E-state index in [1.807, 2.05) is 0 Å². The van der Waals surface area contributed by atoms with Crippen LogP contribution in [0.2, 0.25) is 10.0 Å². The molecule has 0 fully saturated rings. The van der Waals surface area contributed by atoms with Gasteiger partial charge in [0.25, 0.3) is 5.56 Å². The van der Waals surface area contributed by atoms with E-state index in [4.69, 9.17) is 38.5 Å². The first-order valence-corrected chi connectivity index (χ1v) is 15.2. The first-order chi connectivity index (χ1) is 22.9. The third-order valence-corrected chi connectivity index (χ3v) is 8.36. The minimum atomic E-state index is -1.43. The van der Waals surface area contributed by atoms with Crippen molar-refractivity contribution >= 4 is 106 Å². The Hall–Kier alpha value is -5.43. The summed E-state index contributed by atoms with van der Waals surface area (Å²) >= 11 is 17.5. The van der Waals surface area contributed by atoms with Crippen LogP contribution in [0.15, 0.2) is 65.8 Å². The molecule has 3 aromatic heterocycles. The topological polar surface area (TPSA) is 284 Å². The second-order valence-corrected chi connectivity index (χ2v) is 11.9. The van der Waals surface area contributed by atoms with E-state index in [1.165, 1.54) is 36.4 Å². The highest BCUT2D eigenvalue weighted by molar-refractivity contribution is 9.10. The zero-order valence-electron chi connectivity index (χ0n) is 23.6. The Kier molecular flexibility index (Phi) is 10.7. The number of para-hydroxylation sites is 1. The fourth-order valence-electron chi connectivity index (χ4n) is 4.14. The maximum atomic E-state index is 11.9. The summed E-state index contributed by atoms with van der Waals surface area (Å²) in [6.45, 7) is 0. The van der Waals surface area contributed by atoms with Crippen LogP contribution in [-0.2, 0) is 0 Å². The SMILES string of the molecule is O=C(O)c1[nH]c2c(O)c(Br)ccc2c(=O)c1Br.O=C(O)c1cc(=O)c2c(Cl)cc(Cl)c(O)c2[nH]1.O=C(O)c1nc2c(O)cccc2[nH]c1=O. The van der Waals surface area contributed by atoms with E-state index in [2.05, 4.69) is 51.8 Å². The second-order valence-electron chi connectivity index (χ2n) is 9.45. The molecule has 0 spiro atoms. The third-order valence-electron chi connectivity index (χ3n) is 6.38. The number of phenolic OH excluding ortho intramolecular Hbond substituents is 3. The maximum absolute atomic E-state index is 11.9. The number of fused-ring (bicyclic) bond motifs is 3. The Morgan fingerprint density at radius 3 is 2.04 bits per heavy atom. The quantitative estimate of drug-likeness (QED) is 0.113. The largest absolute Gasteiger partial charge is 0.506 e. The van der Waals surface area contributed by atoms with Gasteiger partial charge in [-0.3, -0.25) is 14.4 Å². The Balaban J connectivity index is 0.000000166. The normalized spacial score (nSPS) is 10.6. The number of H-pyrrole nitrogens is 3. The molecule has 16 nitrogen and oxygen atoms in total. The number of aromatic hydroxyl groups is 3. The van der Waals surface area contributed by atoms with Crippen molar-refractivity contribution in [1.29, 1.82) is 0 Å². The van der Waals surface area contributed by atoms with Crippen molar-refractivity contribution in [3.63, 3.8) is 0 Å². The summed E-state index contributed by atoms with van der Waals surface area (Å²) in [5.41, 5.74) is -2.81. The van der Waals surface area contributed by atoms with E-state index in [-0.39, 0.29) is 64.7 Å². The predicted octanol–water partition coefficient (Wildman–Crippen LogP) is 5.02. The molecule has 252 valence electrons. The van der Waals surface area contributed by atoms with Gasteiger partial charge < -0.3 is 45.6 Å². The fraction of sp³-hybridized carbons (Fsp3) is 0. The van der Waals surface area contributed by atoms with Crippen LogP contribution in [0, 0.1) is 0 Å². The number of rotatable bonds is 3. The average Bonchev–Trinajstić information content (AvgIpc) is 3.03. The highest BCUT2D eigenvalue weighted by Crippen LogP contribution is 2.35. The molecule has 6 rings (SSSR count). The predicted molar refractivity (Wildman–Crippen MR) is 183 cm³/mol. The number of halogens is 4. The third kappa shape index (κ3) is 7.36. The molecule has 0 aliphatic heterocycles. The molecule has 6 aromatic rings. The average molecular weight is 843 g/mol. The van der Waals surface area contributed by atoms with E-state index in [1.54, 1.807) is 0 Å². The number of nitrogens with zero attached hydrogens (tertiary/aromatic N) is 1. The Morgan fingerprint density at radius 2 is 1.43 bits per heavy atom. The number of carboxylic acid groups (broad SMARTS) is 3. The van der Waals surface area contributed by atoms with E-state index in [9.17, 15) is 44.1 Å². The zero-order valence-corrected chi connectivity index (χ0v) is 28.3. The van der Waals surface area contributed by atoms with Crippen LogP contribution in [0.25, 0.3) is 32.8 Å². The van der Waals surface area contributed by atoms with Gasteiger partial charge in [-0.15, -0.1) is 0 Å². The number of aromatic amines is 3. The molecule has 3 aromatic carbocycles. The highest BCUT2D eigenvalue weighted by atomic mass is 79.9. The van der Waals surface area contributed by atoms with Gasteiger partial charge in [-0.05, 0) is 62.2 Å². The monoisotopic (exact) mass is 840 g/mol. The van der Waals surface area contributed by atoms with Gasteiger partial charge in [0.15, 0.2) is 16.9 Å². The summed E-state index contributed by atoms with van der Waals surface area (Å²) in [5, 5.41) is 55.3. The summed E-state index contributed by atoms with van der Waals surface area (Å²) in [7, 11) is 0. The van der Waals surface area contributed by atoms with Crippen molar-refractivity contribution in [2.75, 3.05) is 0 Å². The molecule has 0 aliphatic rings. The molecule has 49 heavy (non-hydrogen) atoms. The molecule has 0 radical (unpaired) electrons. The minimum absolute atomic E-state index is 0.00133. The van der Waals surface area contributed by atoms with Gasteiger partial charge in [-0.1, -0.05) is 29.3 Å². The van der Waals surface area contributed by atoms with Crippen molar-refractivity contribution in [2.45, 2.75) is 0 Å². The number of hydrogen-bond acceptors (Lipinski definition) is 10. The highest BCUT2D eigenvalue weighted by Gasteiger charge is 2.18. The number of phenols is 3. The molecular weight excluding hydrogens is 827 g/mol. The zero-order chi connectivity index (χ0) is 36.5. The van der Waals surface area contributed by atoms with E-state index >= 15 is 0 Å². The van der Waals surface area contributed by atoms with E-state index < -0.39 is 45.8 Å². The molecule has 0 saturated heterocycles. The molecule has 0 saturated carbocycles. The molecule has 0 atom stereocenters. The van der Waals surface area contributed by atoms with Crippen LogP contribution in [0.4, 0.5) is 0 Å². The number of carbonyl (C=O) groups is 3. The molecule has 0 aliphatic carbocycles. The van der Waals surface area contributed by atoms with Gasteiger partial charge in [0, 0.05) is 6.07 Å². The van der Waals surface area contributed by atoms with Gasteiger partial charge in [-0.2, -0.15) is 0 Å². The second kappa shape index (κ2) is 14.4. The summed E-state index contributed by atoms with van der Waals surface area (Å²) < 4.78 is 0.304. The number of pyridine rings is 2. The van der Waals surface area contributed by atoms with Crippen LogP contribution in [0.5, 0.6) is 17.2 Å². The molecule has 0 unspecified atom stereocenters. The van der Waals surface area contributed by atoms with Crippen LogP contribution >= 0.6 is 55.1 Å². The van der Waals surface area contributed by atoms with Gasteiger partial charge >= 0.3 is 17.9 Å². The van der Waals surface area contributed by atoms with Crippen molar-refractivity contribution < 1.29 is 45.0 Å². The Morgan fingerprint density at radius 1 is 0.755 bits per heavy atom. The number of carboxylic acids is 3. The summed E-state index contributed by atoms with van der Waals surface area (Å²) in [6, 6.07) is 9.53. The lowest BCUT2D eigenvalue weighted by atomic mass is 10.1. The molecule has 0 amide bonds. The van der Waals surface area contributed by atoms with E-state index in [0.29, 0.717) is 9.99 Å². The fourth-order valence-corrected chi connectivity index (χ4v) is 5.51. The first-order valence-electron chi connectivity index (χ1n) is 12.8. The lowest BCUT2D eigenvalue weighted by molar-refractivity contribution is 0.0678. The molecular formula is C29H16Br2Cl2N4O12. The lowest BCUT2D eigenvalue weighted by Gasteiger charge is -2.06. The maximum Gasteiger partial charge on any atom is 0.360 e. The molecule has 20 heteroatoms. The summed E-state index contributed by atoms with van der Waals surface area (Å²) in [6.07, 6.45) is 0. The van der Waals surface area contributed by atoms with Crippen molar-refractivity contribution in [1.82, 2.24) is 19.9 Å². The number of hydrogen-bond donors (Lipinski definition) is 9. The smallest absolute Gasteiger partial charge is 0.360 e. The van der Waals surface area contributed by atoms with Gasteiger partial charge in [0.05, 0.1) is 46.3 Å². The molecule has 0 bridgehead atoms. The van der Waals surface area contributed by atoms with Crippen molar-refractivity contribution in [2.24, 2.45) is 0 Å². The Bertz CT molecular complexity index is 2550. The summed E-state index contributed by atoms with van der Waals surface area (Å²) in [4.78, 5) is 77.8. The minimum Gasteiger partial charge on any atom is -0.506 e. The number of aromatic nitrogens is 4. The number of nitrogens with one attached hydrogen (secondary N) is 3. The van der Waals surface area contributed by atoms with Crippen LogP contribution in [0.1, 0.15) is 31.5 Å². The number of aromatic carboxylic acids is 3. The van der Waals surface area contributed by atoms with Gasteiger partial charge in [0.1, 0.15) is 22.7 Å². The molecule has 3 heterocycles. The van der Waals surface area contributed by atoms with Gasteiger partial charge in [0.2, 0.25) is 11.1 Å². The van der Waals surface area contributed by atoms with Crippen molar-refractivity contribution in [3.05, 3.63) is 109 Å². The van der Waals surface area contributed by atoms with Crippen LogP contribution in [0.3, 0.4) is 0 Å². The van der Waals surface area contributed by atoms with Crippen LogP contribution in [-0.4, -0.2) is 68.5 Å².